The SMILES string of the molecule is CCOC(OCC)c1nn(C)c(=O)c2c(OCCO)c(Cc3cccc(Cl)c3)sc12. The number of rotatable bonds is 10. The van der Waals surface area contributed by atoms with Crippen molar-refractivity contribution in [2.75, 3.05) is 26.4 Å². The quantitative estimate of drug-likeness (QED) is 0.472. The summed E-state index contributed by atoms with van der Waals surface area (Å²) in [5, 5.41) is 14.8. The zero-order chi connectivity index (χ0) is 21.7. The van der Waals surface area contributed by atoms with E-state index in [0.29, 0.717) is 46.2 Å². The minimum absolute atomic E-state index is 0.0789. The molecule has 0 saturated heterocycles. The Labute approximate surface area is 183 Å². The van der Waals surface area contributed by atoms with Crippen molar-refractivity contribution in [2.24, 2.45) is 7.05 Å². The normalized spacial score (nSPS) is 11.5. The molecule has 30 heavy (non-hydrogen) atoms. The first-order valence-corrected chi connectivity index (χ1v) is 10.9. The van der Waals surface area contributed by atoms with E-state index in [0.717, 1.165) is 10.4 Å². The van der Waals surface area contributed by atoms with Crippen LogP contribution < -0.4 is 10.3 Å². The molecule has 0 atom stereocenters. The number of hydrogen-bond donors (Lipinski definition) is 1. The minimum Gasteiger partial charge on any atom is -0.489 e. The van der Waals surface area contributed by atoms with E-state index >= 15 is 0 Å². The van der Waals surface area contributed by atoms with Gasteiger partial charge in [0, 0.05) is 31.7 Å². The van der Waals surface area contributed by atoms with Gasteiger partial charge in [-0.15, -0.1) is 11.3 Å². The van der Waals surface area contributed by atoms with Gasteiger partial charge in [0.15, 0.2) is 0 Å². The van der Waals surface area contributed by atoms with Gasteiger partial charge in [-0.05, 0) is 31.5 Å². The summed E-state index contributed by atoms with van der Waals surface area (Å²) in [7, 11) is 1.59. The highest BCUT2D eigenvalue weighted by molar-refractivity contribution is 7.19. The predicted octanol–water partition coefficient (Wildman–Crippen LogP) is 3.68. The van der Waals surface area contributed by atoms with Crippen LogP contribution in [0.25, 0.3) is 10.1 Å². The van der Waals surface area contributed by atoms with Gasteiger partial charge in [0.2, 0.25) is 6.29 Å². The number of benzene rings is 1. The Bertz CT molecular complexity index is 1060. The summed E-state index contributed by atoms with van der Waals surface area (Å²) in [6, 6.07) is 7.53. The molecule has 0 saturated carbocycles. The van der Waals surface area contributed by atoms with Crippen LogP contribution in [0.5, 0.6) is 5.75 Å². The molecule has 9 heteroatoms. The first kappa shape index (κ1) is 22.7. The summed E-state index contributed by atoms with van der Waals surface area (Å²) in [6.45, 7) is 4.54. The van der Waals surface area contributed by atoms with Gasteiger partial charge in [-0.2, -0.15) is 5.10 Å². The number of hydrogen-bond acceptors (Lipinski definition) is 7. The summed E-state index contributed by atoms with van der Waals surface area (Å²) in [4.78, 5) is 13.8. The van der Waals surface area contributed by atoms with Crippen molar-refractivity contribution in [3.8, 4) is 5.75 Å². The van der Waals surface area contributed by atoms with Crippen LogP contribution in [0.15, 0.2) is 29.1 Å². The van der Waals surface area contributed by atoms with Crippen molar-refractivity contribution >= 4 is 33.0 Å². The van der Waals surface area contributed by atoms with Crippen LogP contribution in [0.4, 0.5) is 0 Å². The average molecular weight is 453 g/mol. The molecule has 162 valence electrons. The van der Waals surface area contributed by atoms with E-state index in [2.05, 4.69) is 5.10 Å². The van der Waals surface area contributed by atoms with Crippen LogP contribution >= 0.6 is 22.9 Å². The Balaban J connectivity index is 2.21. The Morgan fingerprint density at radius 3 is 2.63 bits per heavy atom. The summed E-state index contributed by atoms with van der Waals surface area (Å²) in [5.41, 5.74) is 1.24. The summed E-state index contributed by atoms with van der Waals surface area (Å²) in [6.07, 6.45) is -0.172. The molecular formula is C21H25ClN2O5S. The summed E-state index contributed by atoms with van der Waals surface area (Å²) in [5.74, 6) is 0.458. The van der Waals surface area contributed by atoms with Crippen LogP contribution in [-0.2, 0) is 22.9 Å². The average Bonchev–Trinajstić information content (AvgIpc) is 3.07. The molecule has 3 aromatic rings. The number of aliphatic hydroxyl groups is 1. The Hall–Kier alpha value is -1.97. The Morgan fingerprint density at radius 1 is 1.27 bits per heavy atom. The van der Waals surface area contributed by atoms with Crippen LogP contribution in [-0.4, -0.2) is 41.3 Å². The molecule has 0 radical (unpaired) electrons. The van der Waals surface area contributed by atoms with Crippen molar-refractivity contribution in [3.05, 3.63) is 55.8 Å². The number of aryl methyl sites for hydroxylation is 1. The molecule has 0 aliphatic rings. The standard InChI is InChI=1S/C21H25ClN2O5S/c1-4-27-21(28-5-2)17-19-16(20(26)24(3)23-17)18(29-10-9-25)15(30-19)12-13-7-6-8-14(22)11-13/h6-8,11,21,25H,4-5,9-10,12H2,1-3H3. The van der Waals surface area contributed by atoms with Crippen molar-refractivity contribution in [3.63, 3.8) is 0 Å². The van der Waals surface area contributed by atoms with E-state index in [4.69, 9.17) is 25.8 Å². The second-order valence-electron chi connectivity index (χ2n) is 6.49. The maximum absolute atomic E-state index is 13.0. The molecule has 3 rings (SSSR count). The fraction of sp³-hybridized carbons (Fsp3) is 0.429. The molecule has 0 bridgehead atoms. The number of aliphatic hydroxyl groups excluding tert-OH is 1. The zero-order valence-electron chi connectivity index (χ0n) is 17.2. The number of ether oxygens (including phenoxy) is 3. The van der Waals surface area contributed by atoms with E-state index in [1.54, 1.807) is 7.05 Å². The molecular weight excluding hydrogens is 428 g/mol. The third kappa shape index (κ3) is 4.84. The smallest absolute Gasteiger partial charge is 0.279 e. The molecule has 0 spiro atoms. The van der Waals surface area contributed by atoms with Crippen molar-refractivity contribution in [1.29, 1.82) is 0 Å². The van der Waals surface area contributed by atoms with Crippen LogP contribution in [0, 0.1) is 0 Å². The first-order valence-electron chi connectivity index (χ1n) is 9.73. The van der Waals surface area contributed by atoms with Crippen LogP contribution in [0.1, 0.15) is 36.3 Å². The highest BCUT2D eigenvalue weighted by atomic mass is 35.5. The van der Waals surface area contributed by atoms with Gasteiger partial charge >= 0.3 is 0 Å². The maximum Gasteiger partial charge on any atom is 0.279 e. The van der Waals surface area contributed by atoms with Gasteiger partial charge in [0.05, 0.1) is 16.2 Å². The lowest BCUT2D eigenvalue weighted by Gasteiger charge is -2.17. The van der Waals surface area contributed by atoms with E-state index < -0.39 is 6.29 Å². The Kier molecular flexibility index (Phi) is 7.85. The molecule has 0 unspecified atom stereocenters. The van der Waals surface area contributed by atoms with E-state index in [9.17, 15) is 9.90 Å². The third-order valence-corrected chi connectivity index (χ3v) is 5.81. The summed E-state index contributed by atoms with van der Waals surface area (Å²) >= 11 is 7.56. The molecule has 1 N–H and O–H groups in total. The topological polar surface area (TPSA) is 82.8 Å². The van der Waals surface area contributed by atoms with Crippen molar-refractivity contribution in [1.82, 2.24) is 9.78 Å². The highest BCUT2D eigenvalue weighted by Crippen LogP contribution is 2.40. The number of aromatic nitrogens is 2. The van der Waals surface area contributed by atoms with E-state index in [1.807, 2.05) is 38.1 Å². The maximum atomic E-state index is 13.0. The second-order valence-corrected chi connectivity index (χ2v) is 8.04. The molecule has 1 aromatic carbocycles. The highest BCUT2D eigenvalue weighted by Gasteiger charge is 2.26. The molecule has 0 fully saturated rings. The molecule has 2 aromatic heterocycles. The number of halogens is 1. The molecule has 0 aliphatic carbocycles. The van der Waals surface area contributed by atoms with Crippen LogP contribution in [0.3, 0.4) is 0 Å². The fourth-order valence-electron chi connectivity index (χ4n) is 3.16. The van der Waals surface area contributed by atoms with Gasteiger partial charge < -0.3 is 19.3 Å². The number of thiophene rings is 1. The largest absolute Gasteiger partial charge is 0.489 e. The van der Waals surface area contributed by atoms with E-state index in [1.165, 1.54) is 16.0 Å². The number of nitrogens with zero attached hydrogens (tertiary/aromatic N) is 2. The molecule has 7 nitrogen and oxygen atoms in total. The van der Waals surface area contributed by atoms with Gasteiger partial charge in [0.25, 0.3) is 5.56 Å². The second kappa shape index (κ2) is 10.4. The first-order chi connectivity index (χ1) is 14.5. The lowest BCUT2D eigenvalue weighted by molar-refractivity contribution is -0.142. The number of fused-ring (bicyclic) bond motifs is 1. The third-order valence-electron chi connectivity index (χ3n) is 4.38. The predicted molar refractivity (Wildman–Crippen MR) is 118 cm³/mol. The molecule has 0 amide bonds. The monoisotopic (exact) mass is 452 g/mol. The lowest BCUT2D eigenvalue weighted by atomic mass is 10.1. The van der Waals surface area contributed by atoms with Crippen molar-refractivity contribution < 1.29 is 19.3 Å². The van der Waals surface area contributed by atoms with Crippen molar-refractivity contribution in [2.45, 2.75) is 26.6 Å². The van der Waals surface area contributed by atoms with Gasteiger partial charge in [-0.25, -0.2) is 4.68 Å². The zero-order valence-corrected chi connectivity index (χ0v) is 18.8. The van der Waals surface area contributed by atoms with Crippen LogP contribution in [0.2, 0.25) is 5.02 Å². The van der Waals surface area contributed by atoms with Gasteiger partial charge in [0.1, 0.15) is 23.4 Å². The lowest BCUT2D eigenvalue weighted by Crippen LogP contribution is -2.24. The minimum atomic E-state index is -0.697. The summed E-state index contributed by atoms with van der Waals surface area (Å²) < 4.78 is 19.3. The molecule has 0 aliphatic heterocycles. The van der Waals surface area contributed by atoms with Gasteiger partial charge in [-0.1, -0.05) is 23.7 Å². The fourth-order valence-corrected chi connectivity index (χ4v) is 4.64. The molecule has 2 heterocycles. The van der Waals surface area contributed by atoms with Gasteiger partial charge in [-0.3, -0.25) is 4.79 Å². The van der Waals surface area contributed by atoms with E-state index in [-0.39, 0.29) is 18.8 Å². The Morgan fingerprint density at radius 2 is 2.00 bits per heavy atom.